The average molecular weight is 717 g/mol. The molecular weight excluding hydrogens is 637 g/mol. The van der Waals surface area contributed by atoms with Crippen LogP contribution >= 0.6 is 12.2 Å². The fourth-order valence-corrected chi connectivity index (χ4v) is 7.16. The minimum atomic E-state index is -1.27. The first-order valence-corrected chi connectivity index (χ1v) is 21.3. The molecule has 0 saturated heterocycles. The van der Waals surface area contributed by atoms with E-state index in [1.165, 1.54) is 128 Å². The number of aliphatic hydroxyl groups is 5. The Bertz CT molecular complexity index is 750. The predicted molar refractivity (Wildman–Crippen MR) is 208 cm³/mol. The van der Waals surface area contributed by atoms with Crippen molar-refractivity contribution < 1.29 is 30.3 Å². The summed E-state index contributed by atoms with van der Waals surface area (Å²) >= 11 is 5.52. The van der Waals surface area contributed by atoms with Gasteiger partial charge < -0.3 is 40.9 Å². The van der Waals surface area contributed by atoms with Gasteiger partial charge in [-0.25, -0.2) is 0 Å². The van der Waals surface area contributed by atoms with Gasteiger partial charge in [0, 0.05) is 13.0 Å². The zero-order chi connectivity index (χ0) is 36.0. The number of aliphatic hydroxyl groups excluding tert-OH is 5. The topological polar surface area (TPSA) is 134 Å². The van der Waals surface area contributed by atoms with E-state index in [2.05, 4.69) is 17.6 Å². The molecule has 1 fully saturated rings. The van der Waals surface area contributed by atoms with E-state index < -0.39 is 42.7 Å². The van der Waals surface area contributed by atoms with Crippen LogP contribution in [-0.2, 0) is 4.74 Å². The molecule has 0 bridgehead atoms. The Morgan fingerprint density at radius 3 is 1.57 bits per heavy atom. The maximum absolute atomic E-state index is 10.9. The zero-order valence-corrected chi connectivity index (χ0v) is 32.6. The number of hydrogen-bond acceptors (Lipinski definition) is 7. The van der Waals surface area contributed by atoms with Crippen molar-refractivity contribution in [2.45, 2.75) is 236 Å². The van der Waals surface area contributed by atoms with Crippen molar-refractivity contribution in [2.75, 3.05) is 13.2 Å². The van der Waals surface area contributed by atoms with Crippen LogP contribution in [0.3, 0.4) is 0 Å². The van der Waals surface area contributed by atoms with Gasteiger partial charge in [0.05, 0.1) is 37.1 Å². The van der Waals surface area contributed by atoms with Gasteiger partial charge in [-0.1, -0.05) is 162 Å². The average Bonchev–Trinajstić information content (AvgIpc) is 3.09. The Kier molecular flexibility index (Phi) is 30.5. The molecule has 292 valence electrons. The van der Waals surface area contributed by atoms with Gasteiger partial charge in [0.2, 0.25) is 0 Å². The lowest BCUT2D eigenvalue weighted by molar-refractivity contribution is -0.137. The molecule has 0 radical (unpaired) electrons. The molecule has 8 nitrogen and oxygen atoms in total. The molecule has 1 rings (SSSR count). The van der Waals surface area contributed by atoms with E-state index in [1.807, 2.05) is 6.92 Å². The maximum Gasteiger partial charge on any atom is 0.166 e. The van der Waals surface area contributed by atoms with Crippen molar-refractivity contribution in [3.8, 4) is 0 Å². The molecule has 7 unspecified atom stereocenters. The third-order valence-corrected chi connectivity index (χ3v) is 10.7. The summed E-state index contributed by atoms with van der Waals surface area (Å²) in [5, 5.41) is 58.8. The Hall–Kier alpha value is -0.550. The van der Waals surface area contributed by atoms with Gasteiger partial charge in [-0.2, -0.15) is 0 Å². The monoisotopic (exact) mass is 717 g/mol. The number of nitrogens with one attached hydrogen (secondary N) is 2. The fourth-order valence-electron chi connectivity index (χ4n) is 6.91. The molecule has 0 aromatic carbocycles. The van der Waals surface area contributed by atoms with E-state index in [9.17, 15) is 25.5 Å². The minimum absolute atomic E-state index is 0.0450. The lowest BCUT2D eigenvalue weighted by Gasteiger charge is -2.34. The molecule has 1 aliphatic carbocycles. The summed E-state index contributed by atoms with van der Waals surface area (Å²) in [4.78, 5) is 0. The van der Waals surface area contributed by atoms with E-state index in [0.29, 0.717) is 24.4 Å². The molecule has 0 aromatic heterocycles. The molecule has 7 N–H and O–H groups in total. The summed E-state index contributed by atoms with van der Waals surface area (Å²) in [6, 6.07) is -0.592. The van der Waals surface area contributed by atoms with Gasteiger partial charge in [0.25, 0.3) is 0 Å². The fraction of sp³-hybridized carbons (Fsp3) is 0.975. The number of thiocarbonyl (C=S) groups is 1. The Morgan fingerprint density at radius 1 is 0.653 bits per heavy atom. The number of ether oxygens (including phenoxy) is 1. The van der Waals surface area contributed by atoms with Crippen molar-refractivity contribution in [1.82, 2.24) is 10.6 Å². The van der Waals surface area contributed by atoms with E-state index in [0.717, 1.165) is 32.2 Å². The van der Waals surface area contributed by atoms with Gasteiger partial charge in [0.1, 0.15) is 12.2 Å². The van der Waals surface area contributed by atoms with Gasteiger partial charge in [0.15, 0.2) is 5.11 Å². The largest absolute Gasteiger partial charge is 0.393 e. The summed E-state index contributed by atoms with van der Waals surface area (Å²) in [5.74, 6) is 0. The van der Waals surface area contributed by atoms with E-state index in [-0.39, 0.29) is 13.0 Å². The first-order valence-electron chi connectivity index (χ1n) is 20.9. The van der Waals surface area contributed by atoms with Crippen LogP contribution < -0.4 is 10.6 Å². The van der Waals surface area contributed by atoms with Crippen LogP contribution in [0.5, 0.6) is 0 Å². The maximum atomic E-state index is 10.9. The van der Waals surface area contributed by atoms with E-state index in [1.54, 1.807) is 0 Å². The standard InChI is InChI=1S/C40H80N2O6S/c1-3-5-6-7-8-9-10-11-12-13-14-15-16-17-18-19-20-21-22-23-24-27-30-41-40(49)42-34(36(45)31-33(43)4-2)32-48-37-29-26-25-28-35(44)38(46)39(37)47/h33-39,43-47H,3-32H2,1-2H3,(H2,41,42,49). The number of rotatable bonds is 31. The SMILES string of the molecule is CCCCCCCCCCCCCCCCCCCCCCCCNC(=S)NC(COC1CCCCC(O)C(O)C1O)C(O)CC(O)CC. The van der Waals surface area contributed by atoms with E-state index in [4.69, 9.17) is 17.0 Å². The van der Waals surface area contributed by atoms with Crippen molar-refractivity contribution in [3.63, 3.8) is 0 Å². The van der Waals surface area contributed by atoms with Crippen LogP contribution in [0.25, 0.3) is 0 Å². The highest BCUT2D eigenvalue weighted by Gasteiger charge is 2.34. The molecule has 7 atom stereocenters. The third-order valence-electron chi connectivity index (χ3n) is 10.4. The van der Waals surface area contributed by atoms with Gasteiger partial charge in [-0.05, 0) is 37.9 Å². The summed E-state index contributed by atoms with van der Waals surface area (Å²) in [6.07, 6.45) is 27.6. The normalized spacial score (nSPS) is 21.9. The van der Waals surface area contributed by atoms with Gasteiger partial charge >= 0.3 is 0 Å². The van der Waals surface area contributed by atoms with Crippen LogP contribution in [-0.4, -0.2) is 86.5 Å². The van der Waals surface area contributed by atoms with Crippen molar-refractivity contribution in [3.05, 3.63) is 0 Å². The van der Waals surface area contributed by atoms with Crippen molar-refractivity contribution >= 4 is 17.3 Å². The van der Waals surface area contributed by atoms with Crippen LogP contribution in [0, 0.1) is 0 Å². The molecule has 49 heavy (non-hydrogen) atoms. The molecule has 0 spiro atoms. The highest BCUT2D eigenvalue weighted by Crippen LogP contribution is 2.22. The quantitative estimate of drug-likeness (QED) is 0.0282. The third kappa shape index (κ3) is 25.1. The van der Waals surface area contributed by atoms with Crippen LogP contribution in [0.15, 0.2) is 0 Å². The molecule has 0 heterocycles. The lowest BCUT2D eigenvalue weighted by atomic mass is 9.92. The first-order chi connectivity index (χ1) is 23.8. The van der Waals surface area contributed by atoms with Crippen molar-refractivity contribution in [1.29, 1.82) is 0 Å². The molecule has 9 heteroatoms. The second-order valence-electron chi connectivity index (χ2n) is 15.0. The first kappa shape index (κ1) is 46.5. The minimum Gasteiger partial charge on any atom is -0.393 e. The summed E-state index contributed by atoms with van der Waals surface area (Å²) in [6.45, 7) is 4.94. The number of hydrogen-bond donors (Lipinski definition) is 7. The summed E-state index contributed by atoms with van der Waals surface area (Å²) in [7, 11) is 0. The molecule has 0 amide bonds. The summed E-state index contributed by atoms with van der Waals surface area (Å²) in [5.41, 5.74) is 0. The second-order valence-corrected chi connectivity index (χ2v) is 15.4. The molecule has 1 saturated carbocycles. The molecular formula is C40H80N2O6S. The lowest BCUT2D eigenvalue weighted by Crippen LogP contribution is -2.53. The Morgan fingerprint density at radius 2 is 1.10 bits per heavy atom. The van der Waals surface area contributed by atoms with Crippen LogP contribution in [0.1, 0.15) is 194 Å². The van der Waals surface area contributed by atoms with Crippen LogP contribution in [0.2, 0.25) is 0 Å². The predicted octanol–water partition coefficient (Wildman–Crippen LogP) is 7.99. The highest BCUT2D eigenvalue weighted by molar-refractivity contribution is 7.80. The Balaban J connectivity index is 2.09. The van der Waals surface area contributed by atoms with E-state index >= 15 is 0 Å². The Labute approximate surface area is 307 Å². The highest BCUT2D eigenvalue weighted by atomic mass is 32.1. The molecule has 1 aliphatic rings. The molecule has 0 aliphatic heterocycles. The van der Waals surface area contributed by atoms with Gasteiger partial charge in [-0.3, -0.25) is 0 Å². The molecule has 0 aromatic rings. The second kappa shape index (κ2) is 32.1. The van der Waals surface area contributed by atoms with Gasteiger partial charge in [-0.15, -0.1) is 0 Å². The number of unbranched alkanes of at least 4 members (excludes halogenated alkanes) is 21. The smallest absolute Gasteiger partial charge is 0.166 e. The van der Waals surface area contributed by atoms with Crippen molar-refractivity contribution in [2.24, 2.45) is 0 Å². The summed E-state index contributed by atoms with van der Waals surface area (Å²) < 4.78 is 5.99. The zero-order valence-electron chi connectivity index (χ0n) is 31.8. The van der Waals surface area contributed by atoms with Crippen LogP contribution in [0.4, 0.5) is 0 Å².